The third-order valence-corrected chi connectivity index (χ3v) is 8.01. The number of rotatable bonds is 4. The van der Waals surface area contributed by atoms with Crippen molar-refractivity contribution in [3.05, 3.63) is 129 Å². The van der Waals surface area contributed by atoms with E-state index in [0.717, 1.165) is 12.1 Å². The first-order valence-corrected chi connectivity index (χ1v) is 13.4. The van der Waals surface area contributed by atoms with Crippen LogP contribution in [0.2, 0.25) is 0 Å². The van der Waals surface area contributed by atoms with Crippen LogP contribution >= 0.6 is 0 Å². The van der Waals surface area contributed by atoms with Gasteiger partial charge in [-0.15, -0.1) is 0 Å². The van der Waals surface area contributed by atoms with Crippen molar-refractivity contribution >= 4 is 35.0 Å². The number of nitrogens with zero attached hydrogens (tertiary/aromatic N) is 2. The number of aryl methyl sites for hydroxylation is 2. The van der Waals surface area contributed by atoms with Crippen LogP contribution in [-0.4, -0.2) is 36.0 Å². The number of alkyl halides is 6. The van der Waals surface area contributed by atoms with E-state index in [-0.39, 0.29) is 22.5 Å². The molecule has 2 aliphatic rings. The maximum absolute atomic E-state index is 15.0. The van der Waals surface area contributed by atoms with Gasteiger partial charge in [-0.3, -0.25) is 19.2 Å². The molecule has 0 saturated heterocycles. The molecule has 4 aromatic carbocycles. The molecule has 0 fully saturated rings. The summed E-state index contributed by atoms with van der Waals surface area (Å²) >= 11 is 0. The molecule has 0 bridgehead atoms. The lowest BCUT2D eigenvalue weighted by molar-refractivity contribution is -0.288. The predicted octanol–water partition coefficient (Wildman–Crippen LogP) is 7.32. The molecule has 4 aromatic rings. The van der Waals surface area contributed by atoms with Gasteiger partial charge in [-0.25, -0.2) is 9.80 Å². The molecule has 0 N–H and O–H groups in total. The lowest BCUT2D eigenvalue weighted by atomic mass is 9.71. The number of fused-ring (bicyclic) bond motifs is 2. The van der Waals surface area contributed by atoms with Gasteiger partial charge in [0.2, 0.25) is 5.41 Å². The van der Waals surface area contributed by atoms with Gasteiger partial charge in [0, 0.05) is 0 Å². The van der Waals surface area contributed by atoms with Gasteiger partial charge in [0.1, 0.15) is 0 Å². The van der Waals surface area contributed by atoms with E-state index in [1.165, 1.54) is 36.4 Å². The summed E-state index contributed by atoms with van der Waals surface area (Å²) in [4.78, 5) is 54.2. The minimum atomic E-state index is -6.06. The molecule has 0 atom stereocenters. The van der Waals surface area contributed by atoms with E-state index < -0.39 is 63.7 Å². The first-order chi connectivity index (χ1) is 21.1. The van der Waals surface area contributed by atoms with Gasteiger partial charge < -0.3 is 0 Å². The Kier molecular flexibility index (Phi) is 6.54. The average molecular weight is 623 g/mol. The molecule has 0 radical (unpaired) electrons. The largest absolute Gasteiger partial charge is 0.411 e. The van der Waals surface area contributed by atoms with Gasteiger partial charge >= 0.3 is 12.4 Å². The zero-order chi connectivity index (χ0) is 32.6. The first kappa shape index (κ1) is 29.8. The Bertz CT molecular complexity index is 1820. The zero-order valence-electron chi connectivity index (χ0n) is 23.4. The molecular formula is C33H20F6N2O4. The van der Waals surface area contributed by atoms with Crippen molar-refractivity contribution in [3.8, 4) is 0 Å². The van der Waals surface area contributed by atoms with Crippen LogP contribution in [0.4, 0.5) is 37.7 Å². The molecule has 12 heteroatoms. The number of carbonyl (C=O) groups excluding carboxylic acids is 4. The molecule has 228 valence electrons. The fourth-order valence-electron chi connectivity index (χ4n) is 5.93. The van der Waals surface area contributed by atoms with Crippen LogP contribution < -0.4 is 9.80 Å². The molecule has 0 unspecified atom stereocenters. The number of hydrogen-bond donors (Lipinski definition) is 0. The van der Waals surface area contributed by atoms with E-state index in [0.29, 0.717) is 45.2 Å². The third-order valence-electron chi connectivity index (χ3n) is 8.01. The molecule has 0 spiro atoms. The van der Waals surface area contributed by atoms with Crippen molar-refractivity contribution in [2.45, 2.75) is 31.6 Å². The summed E-state index contributed by atoms with van der Waals surface area (Å²) in [7, 11) is 0. The highest BCUT2D eigenvalue weighted by Gasteiger charge is 2.73. The second-order valence-electron chi connectivity index (χ2n) is 10.8. The van der Waals surface area contributed by atoms with Crippen molar-refractivity contribution in [1.82, 2.24) is 0 Å². The van der Waals surface area contributed by atoms with Crippen molar-refractivity contribution < 1.29 is 45.5 Å². The topological polar surface area (TPSA) is 74.8 Å². The molecule has 0 saturated carbocycles. The second-order valence-corrected chi connectivity index (χ2v) is 10.8. The summed E-state index contributed by atoms with van der Waals surface area (Å²) in [6.07, 6.45) is -12.1. The fraction of sp³-hybridized carbons (Fsp3) is 0.152. The minimum absolute atomic E-state index is 0.0978. The summed E-state index contributed by atoms with van der Waals surface area (Å²) in [6, 6.07) is 15.6. The molecule has 4 amide bonds. The highest BCUT2D eigenvalue weighted by molar-refractivity contribution is 6.35. The summed E-state index contributed by atoms with van der Waals surface area (Å²) < 4.78 is 90.1. The van der Waals surface area contributed by atoms with Crippen LogP contribution in [0.3, 0.4) is 0 Å². The van der Waals surface area contributed by atoms with Crippen molar-refractivity contribution in [1.29, 1.82) is 0 Å². The molecular weight excluding hydrogens is 602 g/mol. The Hall–Kier alpha value is -5.26. The smallest absolute Gasteiger partial charge is 0.268 e. The number of carbonyl (C=O) groups is 4. The van der Waals surface area contributed by atoms with Crippen molar-refractivity contribution in [2.75, 3.05) is 9.80 Å². The van der Waals surface area contributed by atoms with Gasteiger partial charge in [-0.2, -0.15) is 26.3 Å². The summed E-state index contributed by atoms with van der Waals surface area (Å²) in [6.45, 7) is 3.35. The standard InChI is InChI=1S/C33H20F6N2O4/c1-17-5-3-7-21(13-17)40-27(42)23-11-9-19(15-25(23)29(40)44)31(32(34,35)36,33(37,38)39)20-10-12-24-26(16-20)30(45)41(28(24)43)22-8-4-6-18(2)14-22/h3-16H,1-2H3. The van der Waals surface area contributed by atoms with Crippen LogP contribution in [0.1, 0.15) is 63.7 Å². The third kappa shape index (κ3) is 4.26. The Labute approximate surface area is 251 Å². The highest BCUT2D eigenvalue weighted by Crippen LogP contribution is 2.57. The number of hydrogen-bond acceptors (Lipinski definition) is 4. The van der Waals surface area contributed by atoms with E-state index in [9.17, 15) is 19.2 Å². The number of benzene rings is 4. The number of anilines is 2. The van der Waals surface area contributed by atoms with Gasteiger partial charge in [0.25, 0.3) is 23.6 Å². The highest BCUT2D eigenvalue weighted by atomic mass is 19.4. The van der Waals surface area contributed by atoms with E-state index in [1.54, 1.807) is 26.0 Å². The van der Waals surface area contributed by atoms with E-state index >= 15 is 26.3 Å². The SMILES string of the molecule is Cc1cccc(N2C(=O)c3ccc(C(c4ccc5c(c4)C(=O)N(c4cccc(C)c4)C5=O)(C(F)(F)F)C(F)(F)F)cc3C2=O)c1. The van der Waals surface area contributed by atoms with Crippen LogP contribution in [-0.2, 0) is 5.41 Å². The first-order valence-electron chi connectivity index (χ1n) is 13.4. The van der Waals surface area contributed by atoms with Gasteiger partial charge in [-0.1, -0.05) is 36.4 Å². The van der Waals surface area contributed by atoms with Crippen molar-refractivity contribution in [2.24, 2.45) is 0 Å². The lowest BCUT2D eigenvalue weighted by Crippen LogP contribution is -2.55. The number of imide groups is 2. The molecule has 45 heavy (non-hydrogen) atoms. The Morgan fingerprint density at radius 3 is 1.16 bits per heavy atom. The quantitative estimate of drug-likeness (QED) is 0.177. The Balaban J connectivity index is 1.52. The van der Waals surface area contributed by atoms with Crippen LogP contribution in [0.25, 0.3) is 0 Å². The monoisotopic (exact) mass is 622 g/mol. The molecule has 0 aromatic heterocycles. The minimum Gasteiger partial charge on any atom is -0.268 e. The molecule has 2 aliphatic heterocycles. The van der Waals surface area contributed by atoms with Crippen LogP contribution in [0, 0.1) is 13.8 Å². The van der Waals surface area contributed by atoms with E-state index in [2.05, 4.69) is 0 Å². The number of amides is 4. The summed E-state index contributed by atoms with van der Waals surface area (Å²) in [5, 5.41) is 0. The maximum atomic E-state index is 15.0. The Morgan fingerprint density at radius 1 is 0.467 bits per heavy atom. The van der Waals surface area contributed by atoms with Gasteiger partial charge in [-0.05, 0) is 84.6 Å². The summed E-state index contributed by atoms with van der Waals surface area (Å²) in [5.41, 5.74) is -8.04. The average Bonchev–Trinajstić information content (AvgIpc) is 3.35. The van der Waals surface area contributed by atoms with Crippen LogP contribution in [0.5, 0.6) is 0 Å². The normalized spacial score (nSPS) is 15.2. The van der Waals surface area contributed by atoms with Crippen molar-refractivity contribution in [3.63, 3.8) is 0 Å². The summed E-state index contributed by atoms with van der Waals surface area (Å²) in [5.74, 6) is -4.00. The van der Waals surface area contributed by atoms with Crippen LogP contribution in [0.15, 0.2) is 84.9 Å². The van der Waals surface area contributed by atoms with E-state index in [4.69, 9.17) is 0 Å². The van der Waals surface area contributed by atoms with Gasteiger partial charge in [0.05, 0.1) is 33.6 Å². The molecule has 6 rings (SSSR count). The maximum Gasteiger partial charge on any atom is 0.411 e. The fourth-order valence-corrected chi connectivity index (χ4v) is 5.93. The zero-order valence-corrected chi connectivity index (χ0v) is 23.4. The number of halogens is 6. The Morgan fingerprint density at radius 2 is 0.822 bits per heavy atom. The molecule has 0 aliphatic carbocycles. The molecule has 6 nitrogen and oxygen atoms in total. The molecule has 2 heterocycles. The lowest BCUT2D eigenvalue weighted by Gasteiger charge is -2.38. The van der Waals surface area contributed by atoms with E-state index in [1.807, 2.05) is 0 Å². The predicted molar refractivity (Wildman–Crippen MR) is 150 cm³/mol. The van der Waals surface area contributed by atoms with Gasteiger partial charge in [0.15, 0.2) is 0 Å². The second kappa shape index (κ2) is 9.88.